The number of rotatable bonds is 4. The summed E-state index contributed by atoms with van der Waals surface area (Å²) in [4.78, 5) is 0. The number of aliphatic hydroxyl groups excluding tert-OH is 1. The van der Waals surface area contributed by atoms with Crippen LogP contribution in [0.1, 0.15) is 27.7 Å². The monoisotopic (exact) mass is 246 g/mol. The molecule has 5 atom stereocenters. The van der Waals surface area contributed by atoms with Crippen molar-refractivity contribution >= 4 is 0 Å². The fourth-order valence-electron chi connectivity index (χ4n) is 2.42. The van der Waals surface area contributed by atoms with E-state index >= 15 is 0 Å². The number of hydrogen-bond acceptors (Lipinski definition) is 5. The van der Waals surface area contributed by atoms with Gasteiger partial charge in [0.15, 0.2) is 6.29 Å². The zero-order valence-corrected chi connectivity index (χ0v) is 11.2. The van der Waals surface area contributed by atoms with E-state index in [4.69, 9.17) is 20.9 Å². The molecule has 102 valence electrons. The Morgan fingerprint density at radius 3 is 2.29 bits per heavy atom. The Morgan fingerprint density at radius 1 is 1.29 bits per heavy atom. The zero-order valence-electron chi connectivity index (χ0n) is 11.2. The van der Waals surface area contributed by atoms with Crippen LogP contribution < -0.4 is 11.5 Å². The lowest BCUT2D eigenvalue weighted by Gasteiger charge is -2.45. The Bertz CT molecular complexity index is 232. The minimum absolute atomic E-state index is 0.00674. The first kappa shape index (κ1) is 14.9. The van der Waals surface area contributed by atoms with Crippen LogP contribution in [0.2, 0.25) is 0 Å². The Hall–Kier alpha value is -0.200. The second kappa shape index (κ2) is 6.11. The van der Waals surface area contributed by atoms with Crippen molar-refractivity contribution in [2.45, 2.75) is 58.3 Å². The molecule has 1 aliphatic rings. The lowest BCUT2D eigenvalue weighted by Crippen LogP contribution is -2.62. The summed E-state index contributed by atoms with van der Waals surface area (Å²) in [6, 6.07) is -0.521. The van der Waals surface area contributed by atoms with E-state index in [-0.39, 0.29) is 24.0 Å². The third kappa shape index (κ3) is 3.39. The fourth-order valence-corrected chi connectivity index (χ4v) is 2.42. The van der Waals surface area contributed by atoms with E-state index in [1.165, 1.54) is 0 Å². The highest BCUT2D eigenvalue weighted by Gasteiger charge is 2.44. The normalized spacial score (nSPS) is 39.0. The molecule has 0 aromatic carbocycles. The molecule has 0 saturated carbocycles. The van der Waals surface area contributed by atoms with Crippen LogP contribution in [0.25, 0.3) is 0 Å². The quantitative estimate of drug-likeness (QED) is 0.652. The second-order valence-corrected chi connectivity index (χ2v) is 5.35. The molecule has 5 nitrogen and oxygen atoms in total. The molecule has 0 bridgehead atoms. The Morgan fingerprint density at radius 2 is 1.88 bits per heavy atom. The molecule has 5 N–H and O–H groups in total. The molecule has 0 spiro atoms. The largest absolute Gasteiger partial charge is 0.391 e. The van der Waals surface area contributed by atoms with E-state index in [1.807, 2.05) is 27.7 Å². The van der Waals surface area contributed by atoms with E-state index in [2.05, 4.69) is 0 Å². The molecule has 0 aliphatic carbocycles. The summed E-state index contributed by atoms with van der Waals surface area (Å²) in [6.45, 7) is 8.26. The number of nitrogens with two attached hydrogens (primary N) is 2. The highest BCUT2D eigenvalue weighted by molar-refractivity contribution is 4.93. The van der Waals surface area contributed by atoms with Crippen LogP contribution in [0.5, 0.6) is 0 Å². The molecule has 1 heterocycles. The van der Waals surface area contributed by atoms with Gasteiger partial charge in [0.1, 0.15) is 0 Å². The lowest BCUT2D eigenvalue weighted by molar-refractivity contribution is -0.259. The van der Waals surface area contributed by atoms with E-state index in [0.29, 0.717) is 6.54 Å². The van der Waals surface area contributed by atoms with E-state index in [0.717, 1.165) is 0 Å². The van der Waals surface area contributed by atoms with Crippen molar-refractivity contribution in [1.82, 2.24) is 0 Å². The highest BCUT2D eigenvalue weighted by Crippen LogP contribution is 2.31. The van der Waals surface area contributed by atoms with Crippen LogP contribution in [0, 0.1) is 11.8 Å². The Labute approximate surface area is 103 Å². The summed E-state index contributed by atoms with van der Waals surface area (Å²) >= 11 is 0. The van der Waals surface area contributed by atoms with E-state index in [1.54, 1.807) is 0 Å². The van der Waals surface area contributed by atoms with Gasteiger partial charge in [-0.2, -0.15) is 0 Å². The smallest absolute Gasteiger partial charge is 0.175 e. The van der Waals surface area contributed by atoms with Gasteiger partial charge in [0.05, 0.1) is 24.4 Å². The first-order chi connectivity index (χ1) is 7.88. The number of ether oxygens (including phenoxy) is 2. The van der Waals surface area contributed by atoms with Crippen LogP contribution in [0.3, 0.4) is 0 Å². The number of aliphatic hydroxyl groups is 1. The van der Waals surface area contributed by atoms with Gasteiger partial charge >= 0.3 is 0 Å². The Balaban J connectivity index is 2.78. The maximum Gasteiger partial charge on any atom is 0.175 e. The third-order valence-electron chi connectivity index (χ3n) is 3.25. The van der Waals surface area contributed by atoms with Gasteiger partial charge in [-0.3, -0.25) is 0 Å². The Kier molecular flexibility index (Phi) is 5.34. The van der Waals surface area contributed by atoms with Crippen LogP contribution >= 0.6 is 0 Å². The molecular weight excluding hydrogens is 220 g/mol. The van der Waals surface area contributed by atoms with Crippen LogP contribution in [-0.2, 0) is 9.47 Å². The van der Waals surface area contributed by atoms with Crippen LogP contribution in [0.15, 0.2) is 0 Å². The molecule has 17 heavy (non-hydrogen) atoms. The second-order valence-electron chi connectivity index (χ2n) is 5.35. The summed E-state index contributed by atoms with van der Waals surface area (Å²) in [6.07, 6.45) is -1.41. The van der Waals surface area contributed by atoms with Gasteiger partial charge in [0, 0.05) is 12.5 Å². The number of hydrogen-bond donors (Lipinski definition) is 3. The molecule has 0 aromatic heterocycles. The van der Waals surface area contributed by atoms with Gasteiger partial charge in [0.25, 0.3) is 0 Å². The minimum atomic E-state index is -0.638. The minimum Gasteiger partial charge on any atom is -0.391 e. The van der Waals surface area contributed by atoms with Gasteiger partial charge in [-0.05, 0) is 19.8 Å². The van der Waals surface area contributed by atoms with Crippen LogP contribution in [-0.4, -0.2) is 42.3 Å². The van der Waals surface area contributed by atoms with E-state index < -0.39 is 18.4 Å². The maximum atomic E-state index is 10.3. The molecule has 1 rings (SSSR count). The first-order valence-corrected chi connectivity index (χ1v) is 6.33. The van der Waals surface area contributed by atoms with Crippen molar-refractivity contribution in [1.29, 1.82) is 0 Å². The zero-order chi connectivity index (χ0) is 13.2. The topological polar surface area (TPSA) is 90.7 Å². The molecule has 5 heteroatoms. The predicted octanol–water partition coefficient (Wildman–Crippen LogP) is 0.0554. The highest BCUT2D eigenvalue weighted by atomic mass is 16.7. The molecular formula is C12H26N2O3. The van der Waals surface area contributed by atoms with Gasteiger partial charge < -0.3 is 26.0 Å². The average Bonchev–Trinajstić information content (AvgIpc) is 2.23. The molecule has 0 aromatic rings. The van der Waals surface area contributed by atoms with Crippen LogP contribution in [0.4, 0.5) is 0 Å². The molecule has 1 fully saturated rings. The summed E-state index contributed by atoms with van der Waals surface area (Å²) in [7, 11) is 0. The fraction of sp³-hybridized carbons (Fsp3) is 1.00. The predicted molar refractivity (Wildman–Crippen MR) is 66.2 cm³/mol. The van der Waals surface area contributed by atoms with Crippen molar-refractivity contribution < 1.29 is 14.6 Å². The molecule has 2 unspecified atom stereocenters. The summed E-state index contributed by atoms with van der Waals surface area (Å²) in [5.74, 6) is 0.228. The summed E-state index contributed by atoms with van der Waals surface area (Å²) in [5, 5.41) is 10.3. The standard InChI is InChI=1S/C12H26N2O3/c1-6(2)9-8(5-13)17-12(16-7(3)4)10(14)11(9)15/h6-12,15H,5,13-14H2,1-4H3/t8?,9-,10-,11?,12+/m0/s1. The summed E-state index contributed by atoms with van der Waals surface area (Å²) in [5.41, 5.74) is 11.7. The van der Waals surface area contributed by atoms with Gasteiger partial charge in [0.2, 0.25) is 0 Å². The van der Waals surface area contributed by atoms with Crippen molar-refractivity contribution in [2.75, 3.05) is 6.54 Å². The van der Waals surface area contributed by atoms with Gasteiger partial charge in [-0.15, -0.1) is 0 Å². The van der Waals surface area contributed by atoms with Crippen molar-refractivity contribution in [3.05, 3.63) is 0 Å². The maximum absolute atomic E-state index is 10.3. The van der Waals surface area contributed by atoms with Crippen molar-refractivity contribution in [2.24, 2.45) is 23.3 Å². The molecule has 0 radical (unpaired) electrons. The lowest BCUT2D eigenvalue weighted by atomic mass is 9.80. The molecule has 0 amide bonds. The SMILES string of the molecule is CC(C)O[C@@H]1OC(CN)[C@H](C(C)C)C(O)[C@@H]1N. The van der Waals surface area contributed by atoms with Crippen molar-refractivity contribution in [3.63, 3.8) is 0 Å². The molecule has 1 saturated heterocycles. The third-order valence-corrected chi connectivity index (χ3v) is 3.25. The first-order valence-electron chi connectivity index (χ1n) is 6.33. The van der Waals surface area contributed by atoms with Gasteiger partial charge in [-0.25, -0.2) is 0 Å². The van der Waals surface area contributed by atoms with Gasteiger partial charge in [-0.1, -0.05) is 13.8 Å². The van der Waals surface area contributed by atoms with Crippen molar-refractivity contribution in [3.8, 4) is 0 Å². The van der Waals surface area contributed by atoms with E-state index in [9.17, 15) is 5.11 Å². The average molecular weight is 246 g/mol. The summed E-state index contributed by atoms with van der Waals surface area (Å²) < 4.78 is 11.3. The molecule has 1 aliphatic heterocycles.